The van der Waals surface area contributed by atoms with Crippen molar-refractivity contribution in [2.24, 2.45) is 0 Å². The zero-order valence-electron chi connectivity index (χ0n) is 10.9. The first-order chi connectivity index (χ1) is 8.80. The van der Waals surface area contributed by atoms with Crippen molar-refractivity contribution in [2.75, 3.05) is 13.7 Å². The molecule has 1 aromatic rings. The average molecular weight is 251 g/mol. The summed E-state index contributed by atoms with van der Waals surface area (Å²) in [5.41, 5.74) is -0.335. The van der Waals surface area contributed by atoms with Crippen molar-refractivity contribution in [3.05, 3.63) is 24.4 Å². The molecule has 1 aliphatic carbocycles. The summed E-state index contributed by atoms with van der Waals surface area (Å²) >= 11 is 0. The first-order valence-corrected chi connectivity index (χ1v) is 6.50. The van der Waals surface area contributed by atoms with E-state index in [-0.39, 0.29) is 5.60 Å². The first-order valence-electron chi connectivity index (χ1n) is 6.50. The molecule has 1 saturated carbocycles. The van der Waals surface area contributed by atoms with Crippen molar-refractivity contribution in [1.29, 1.82) is 0 Å². The van der Waals surface area contributed by atoms with Gasteiger partial charge in [0.1, 0.15) is 5.60 Å². The van der Waals surface area contributed by atoms with Crippen LogP contribution >= 0.6 is 0 Å². The largest absolute Gasteiger partial charge is 0.370 e. The van der Waals surface area contributed by atoms with Gasteiger partial charge in [-0.1, -0.05) is 30.5 Å². The number of aromatic nitrogens is 2. The number of nitrogens with zero attached hydrogens (tertiary/aromatic N) is 2. The zero-order chi connectivity index (χ0) is 12.8. The summed E-state index contributed by atoms with van der Waals surface area (Å²) in [4.78, 5) is 4.45. The van der Waals surface area contributed by atoms with Gasteiger partial charge in [-0.3, -0.25) is 0 Å². The third kappa shape index (κ3) is 2.79. The molecule has 0 unspecified atom stereocenters. The highest BCUT2D eigenvalue weighted by Gasteiger charge is 2.38. The molecule has 1 aliphatic rings. The molecule has 1 fully saturated rings. The van der Waals surface area contributed by atoms with Gasteiger partial charge in [0.05, 0.1) is 6.54 Å². The molecule has 0 spiro atoms. The Hall–Kier alpha value is -1.20. The summed E-state index contributed by atoms with van der Waals surface area (Å²) in [7, 11) is 1.73. The molecule has 18 heavy (non-hydrogen) atoms. The van der Waals surface area contributed by atoms with Crippen molar-refractivity contribution < 1.29 is 9.26 Å². The van der Waals surface area contributed by atoms with E-state index in [1.165, 1.54) is 6.42 Å². The molecule has 0 aromatic carbocycles. The fourth-order valence-electron chi connectivity index (χ4n) is 2.43. The predicted molar refractivity (Wildman–Crippen MR) is 68.0 cm³/mol. The molecule has 0 atom stereocenters. The number of rotatable bonds is 6. The van der Waals surface area contributed by atoms with Gasteiger partial charge in [0, 0.05) is 13.7 Å². The third-order valence-electron chi connectivity index (χ3n) is 3.49. The minimum atomic E-state index is -0.335. The van der Waals surface area contributed by atoms with E-state index in [2.05, 4.69) is 22.0 Å². The van der Waals surface area contributed by atoms with Crippen molar-refractivity contribution in [3.8, 4) is 0 Å². The maximum absolute atomic E-state index is 5.68. The Bertz CT molecular complexity index is 383. The summed E-state index contributed by atoms with van der Waals surface area (Å²) in [6.07, 6.45) is 7.33. The normalized spacial score (nSPS) is 18.7. The Morgan fingerprint density at radius 1 is 1.44 bits per heavy atom. The van der Waals surface area contributed by atoms with E-state index in [9.17, 15) is 0 Å². The van der Waals surface area contributed by atoms with Crippen molar-refractivity contribution in [1.82, 2.24) is 15.5 Å². The molecule has 2 rings (SSSR count). The van der Waals surface area contributed by atoms with Crippen LogP contribution in [0.25, 0.3) is 0 Å². The molecule has 1 N–H and O–H groups in total. The van der Waals surface area contributed by atoms with Gasteiger partial charge in [0.15, 0.2) is 0 Å². The summed E-state index contributed by atoms with van der Waals surface area (Å²) < 4.78 is 10.9. The van der Waals surface area contributed by atoms with Crippen LogP contribution in [0.2, 0.25) is 0 Å². The Labute approximate surface area is 108 Å². The molecule has 0 radical (unpaired) electrons. The van der Waals surface area contributed by atoms with E-state index in [0.29, 0.717) is 18.3 Å². The number of ether oxygens (including phenoxy) is 1. The Kier molecular flexibility index (Phi) is 4.49. The van der Waals surface area contributed by atoms with Crippen LogP contribution in [0.4, 0.5) is 0 Å². The van der Waals surface area contributed by atoms with Gasteiger partial charge < -0.3 is 14.6 Å². The lowest BCUT2D eigenvalue weighted by atomic mass is 9.84. The second-order valence-corrected chi connectivity index (χ2v) is 4.69. The van der Waals surface area contributed by atoms with E-state index in [1.54, 1.807) is 13.2 Å². The highest BCUT2D eigenvalue weighted by Crippen LogP contribution is 2.38. The predicted octanol–water partition coefficient (Wildman–Crippen LogP) is 2.15. The van der Waals surface area contributed by atoms with Crippen LogP contribution < -0.4 is 5.32 Å². The molecule has 1 aromatic heterocycles. The van der Waals surface area contributed by atoms with Gasteiger partial charge in [-0.25, -0.2) is 0 Å². The van der Waals surface area contributed by atoms with Gasteiger partial charge >= 0.3 is 0 Å². The van der Waals surface area contributed by atoms with E-state index in [0.717, 1.165) is 32.2 Å². The third-order valence-corrected chi connectivity index (χ3v) is 3.49. The monoisotopic (exact) mass is 251 g/mol. The van der Waals surface area contributed by atoms with Crippen LogP contribution in [0.5, 0.6) is 0 Å². The van der Waals surface area contributed by atoms with Crippen molar-refractivity contribution in [3.63, 3.8) is 0 Å². The Morgan fingerprint density at radius 3 is 2.89 bits per heavy atom. The van der Waals surface area contributed by atoms with Gasteiger partial charge in [0.2, 0.25) is 11.7 Å². The molecule has 100 valence electrons. The summed E-state index contributed by atoms with van der Waals surface area (Å²) in [5.74, 6) is 1.30. The van der Waals surface area contributed by atoms with E-state index < -0.39 is 0 Å². The van der Waals surface area contributed by atoms with Crippen molar-refractivity contribution in [2.45, 2.75) is 44.2 Å². The standard InChI is InChI=1S/C13H21N3O2/c1-3-9-14-10-11-15-12(16-18-11)13(17-2)7-5-4-6-8-13/h3,14H,1,4-10H2,2H3. The zero-order valence-corrected chi connectivity index (χ0v) is 10.9. The van der Waals surface area contributed by atoms with Gasteiger partial charge in [0.25, 0.3) is 0 Å². The van der Waals surface area contributed by atoms with Crippen LogP contribution in [0.15, 0.2) is 17.2 Å². The molecular weight excluding hydrogens is 230 g/mol. The molecule has 0 saturated heterocycles. The number of hydrogen-bond donors (Lipinski definition) is 1. The van der Waals surface area contributed by atoms with Crippen LogP contribution in [0.3, 0.4) is 0 Å². The van der Waals surface area contributed by atoms with Crippen LogP contribution in [-0.2, 0) is 16.9 Å². The summed E-state index contributed by atoms with van der Waals surface area (Å²) in [6, 6.07) is 0. The second-order valence-electron chi connectivity index (χ2n) is 4.69. The molecule has 5 nitrogen and oxygen atoms in total. The van der Waals surface area contributed by atoms with Crippen molar-refractivity contribution >= 4 is 0 Å². The Morgan fingerprint density at radius 2 is 2.22 bits per heavy atom. The minimum absolute atomic E-state index is 0.335. The molecule has 0 bridgehead atoms. The molecule has 5 heteroatoms. The van der Waals surface area contributed by atoms with Gasteiger partial charge in [-0.15, -0.1) is 6.58 Å². The highest BCUT2D eigenvalue weighted by atomic mass is 16.5. The molecular formula is C13H21N3O2. The number of hydrogen-bond acceptors (Lipinski definition) is 5. The lowest BCUT2D eigenvalue weighted by molar-refractivity contribution is -0.0527. The smallest absolute Gasteiger partial charge is 0.240 e. The number of methoxy groups -OCH3 is 1. The topological polar surface area (TPSA) is 60.2 Å². The van der Waals surface area contributed by atoms with Gasteiger partial charge in [-0.05, 0) is 12.8 Å². The maximum Gasteiger partial charge on any atom is 0.240 e. The SMILES string of the molecule is C=CCNCc1nc(C2(OC)CCCCC2)no1. The lowest BCUT2D eigenvalue weighted by Gasteiger charge is -2.32. The maximum atomic E-state index is 5.68. The lowest BCUT2D eigenvalue weighted by Crippen LogP contribution is -2.32. The highest BCUT2D eigenvalue weighted by molar-refractivity contribution is 5.03. The van der Waals surface area contributed by atoms with E-state index in [4.69, 9.17) is 9.26 Å². The summed E-state index contributed by atoms with van der Waals surface area (Å²) in [5, 5.41) is 7.23. The molecule has 0 amide bonds. The van der Waals surface area contributed by atoms with Crippen LogP contribution in [0, 0.1) is 0 Å². The fourth-order valence-corrected chi connectivity index (χ4v) is 2.43. The van der Waals surface area contributed by atoms with E-state index in [1.807, 2.05) is 0 Å². The number of nitrogens with one attached hydrogen (secondary N) is 1. The van der Waals surface area contributed by atoms with Crippen LogP contribution in [0.1, 0.15) is 43.8 Å². The minimum Gasteiger partial charge on any atom is -0.370 e. The quantitative estimate of drug-likeness (QED) is 0.620. The Balaban J connectivity index is 2.04. The van der Waals surface area contributed by atoms with Crippen LogP contribution in [-0.4, -0.2) is 23.8 Å². The summed E-state index contributed by atoms with van der Waals surface area (Å²) in [6.45, 7) is 4.94. The van der Waals surface area contributed by atoms with E-state index >= 15 is 0 Å². The second kappa shape index (κ2) is 6.11. The molecule has 1 heterocycles. The molecule has 0 aliphatic heterocycles. The average Bonchev–Trinajstić information content (AvgIpc) is 2.89. The fraction of sp³-hybridized carbons (Fsp3) is 0.692. The first kappa shape index (κ1) is 13.2. The van der Waals surface area contributed by atoms with Gasteiger partial charge in [-0.2, -0.15) is 4.98 Å².